The molecule has 0 saturated heterocycles. The molecule has 2 unspecified atom stereocenters. The molecule has 0 spiro atoms. The Morgan fingerprint density at radius 1 is 1.58 bits per heavy atom. The monoisotopic (exact) mass is 286 g/mol. The predicted molar refractivity (Wildman–Crippen MR) is 73.2 cm³/mol. The van der Waals surface area contributed by atoms with Gasteiger partial charge in [0.1, 0.15) is 6.04 Å². The Bertz CT molecular complexity index is 410. The molecule has 2 amide bonds. The normalized spacial score (nSPS) is 13.6. The first-order valence-electron chi connectivity index (χ1n) is 5.80. The lowest BCUT2D eigenvalue weighted by Crippen LogP contribution is -2.48. The number of aromatic amines is 1. The van der Waals surface area contributed by atoms with Gasteiger partial charge in [-0.2, -0.15) is 11.8 Å². The Labute approximate surface area is 115 Å². The molecule has 1 rings (SSSR count). The molecule has 0 aliphatic rings. The Morgan fingerprint density at radius 2 is 2.32 bits per heavy atom. The highest BCUT2D eigenvalue weighted by atomic mass is 32.2. The number of carboxylic acid groups (broad SMARTS) is 1. The van der Waals surface area contributed by atoms with Crippen LogP contribution in [0.2, 0.25) is 0 Å². The summed E-state index contributed by atoms with van der Waals surface area (Å²) in [6, 6.07) is -1.46. The van der Waals surface area contributed by atoms with Crippen molar-refractivity contribution in [1.82, 2.24) is 20.6 Å². The molecule has 7 nitrogen and oxygen atoms in total. The lowest BCUT2D eigenvalue weighted by Gasteiger charge is -2.15. The standard InChI is InChI=1S/C11H18N4O3S/c1-7(19-2)4-13-11(18)15-9(10(16)17)3-8-5-12-6-14-8/h5-7,9H,3-4H2,1-2H3,(H,12,14)(H,16,17)(H2,13,15,18). The molecule has 19 heavy (non-hydrogen) atoms. The van der Waals surface area contributed by atoms with E-state index in [0.717, 1.165) is 0 Å². The summed E-state index contributed by atoms with van der Waals surface area (Å²) in [4.78, 5) is 29.3. The van der Waals surface area contributed by atoms with Crippen molar-refractivity contribution < 1.29 is 14.7 Å². The lowest BCUT2D eigenvalue weighted by atomic mass is 10.2. The summed E-state index contributed by atoms with van der Waals surface area (Å²) in [5.41, 5.74) is 0.658. The summed E-state index contributed by atoms with van der Waals surface area (Å²) < 4.78 is 0. The highest BCUT2D eigenvalue weighted by molar-refractivity contribution is 7.99. The second-order valence-corrected chi connectivity index (χ2v) is 5.35. The molecular formula is C11H18N4O3S. The van der Waals surface area contributed by atoms with E-state index in [2.05, 4.69) is 20.6 Å². The number of rotatable bonds is 7. The van der Waals surface area contributed by atoms with E-state index in [-0.39, 0.29) is 11.7 Å². The molecule has 0 fully saturated rings. The van der Waals surface area contributed by atoms with Crippen LogP contribution in [0.4, 0.5) is 4.79 Å². The first kappa shape index (κ1) is 15.4. The molecule has 0 aliphatic heterocycles. The van der Waals surface area contributed by atoms with Crippen molar-refractivity contribution in [3.63, 3.8) is 0 Å². The van der Waals surface area contributed by atoms with Crippen molar-refractivity contribution in [3.8, 4) is 0 Å². The van der Waals surface area contributed by atoms with Crippen LogP contribution in [-0.4, -0.2) is 51.2 Å². The fourth-order valence-electron chi connectivity index (χ4n) is 1.35. The van der Waals surface area contributed by atoms with Gasteiger partial charge >= 0.3 is 12.0 Å². The van der Waals surface area contributed by atoms with Crippen molar-refractivity contribution in [1.29, 1.82) is 0 Å². The Kier molecular flexibility index (Phi) is 6.20. The zero-order chi connectivity index (χ0) is 14.3. The van der Waals surface area contributed by atoms with Gasteiger partial charge in [0.2, 0.25) is 0 Å². The van der Waals surface area contributed by atoms with E-state index in [9.17, 15) is 9.59 Å². The number of aromatic nitrogens is 2. The van der Waals surface area contributed by atoms with Gasteiger partial charge in [0.05, 0.1) is 6.33 Å². The smallest absolute Gasteiger partial charge is 0.326 e. The van der Waals surface area contributed by atoms with Crippen LogP contribution in [0.5, 0.6) is 0 Å². The van der Waals surface area contributed by atoms with Crippen LogP contribution in [0.3, 0.4) is 0 Å². The van der Waals surface area contributed by atoms with Gasteiger partial charge in [-0.1, -0.05) is 6.92 Å². The fourth-order valence-corrected chi connectivity index (χ4v) is 1.60. The SMILES string of the molecule is CSC(C)CNC(=O)NC(Cc1cnc[nH]1)C(=O)O. The molecule has 8 heteroatoms. The number of thioether (sulfide) groups is 1. The van der Waals surface area contributed by atoms with E-state index in [1.54, 1.807) is 11.8 Å². The van der Waals surface area contributed by atoms with Gasteiger partial charge in [-0.05, 0) is 6.26 Å². The third-order valence-electron chi connectivity index (χ3n) is 2.53. The van der Waals surface area contributed by atoms with Crippen molar-refractivity contribution in [2.45, 2.75) is 24.6 Å². The Balaban J connectivity index is 2.45. The highest BCUT2D eigenvalue weighted by Crippen LogP contribution is 2.02. The summed E-state index contributed by atoms with van der Waals surface area (Å²) in [5, 5.41) is 14.4. The minimum atomic E-state index is -1.08. The van der Waals surface area contributed by atoms with Crippen LogP contribution in [0.1, 0.15) is 12.6 Å². The minimum Gasteiger partial charge on any atom is -0.480 e. The van der Waals surface area contributed by atoms with E-state index in [1.807, 2.05) is 13.2 Å². The van der Waals surface area contributed by atoms with Gasteiger partial charge in [0.25, 0.3) is 0 Å². The number of H-pyrrole nitrogens is 1. The minimum absolute atomic E-state index is 0.167. The van der Waals surface area contributed by atoms with E-state index in [1.165, 1.54) is 12.5 Å². The summed E-state index contributed by atoms with van der Waals surface area (Å²) >= 11 is 1.62. The largest absolute Gasteiger partial charge is 0.480 e. The van der Waals surface area contributed by atoms with Crippen molar-refractivity contribution in [2.24, 2.45) is 0 Å². The molecule has 0 bridgehead atoms. The number of carbonyl (C=O) groups excluding carboxylic acids is 1. The Morgan fingerprint density at radius 3 is 2.84 bits per heavy atom. The van der Waals surface area contributed by atoms with Gasteiger partial charge < -0.3 is 20.7 Å². The number of amides is 2. The highest BCUT2D eigenvalue weighted by Gasteiger charge is 2.21. The number of carboxylic acids is 1. The van der Waals surface area contributed by atoms with Crippen LogP contribution < -0.4 is 10.6 Å². The lowest BCUT2D eigenvalue weighted by molar-refractivity contribution is -0.139. The zero-order valence-electron chi connectivity index (χ0n) is 10.8. The quantitative estimate of drug-likeness (QED) is 0.582. The van der Waals surface area contributed by atoms with Crippen molar-refractivity contribution in [3.05, 3.63) is 18.2 Å². The average molecular weight is 286 g/mol. The molecule has 1 aromatic rings. The molecule has 2 atom stereocenters. The van der Waals surface area contributed by atoms with Gasteiger partial charge in [-0.15, -0.1) is 0 Å². The molecule has 106 valence electrons. The first-order chi connectivity index (χ1) is 9.02. The van der Waals surface area contributed by atoms with Crippen LogP contribution in [0, 0.1) is 0 Å². The number of hydrogen-bond acceptors (Lipinski definition) is 4. The molecule has 4 N–H and O–H groups in total. The van der Waals surface area contributed by atoms with Crippen molar-refractivity contribution >= 4 is 23.8 Å². The summed E-state index contributed by atoms with van der Waals surface area (Å²) in [7, 11) is 0. The molecule has 0 aromatic carbocycles. The van der Waals surface area contributed by atoms with Gasteiger partial charge in [0.15, 0.2) is 0 Å². The van der Waals surface area contributed by atoms with E-state index < -0.39 is 18.0 Å². The predicted octanol–water partition coefficient (Wildman–Crippen LogP) is 0.456. The van der Waals surface area contributed by atoms with Gasteiger partial charge in [-0.25, -0.2) is 14.6 Å². The maximum absolute atomic E-state index is 11.6. The second kappa shape index (κ2) is 7.67. The van der Waals surface area contributed by atoms with Gasteiger partial charge in [-0.3, -0.25) is 0 Å². The molecule has 1 aromatic heterocycles. The number of aliphatic carboxylic acids is 1. The summed E-state index contributed by atoms with van der Waals surface area (Å²) in [5.74, 6) is -1.08. The number of nitrogens with one attached hydrogen (secondary N) is 3. The third kappa shape index (κ3) is 5.64. The second-order valence-electron chi connectivity index (χ2n) is 4.07. The number of imidazole rings is 1. The fraction of sp³-hybridized carbons (Fsp3) is 0.545. The van der Waals surface area contributed by atoms with E-state index in [0.29, 0.717) is 12.2 Å². The molecule has 1 heterocycles. The van der Waals surface area contributed by atoms with Crippen LogP contribution >= 0.6 is 11.8 Å². The van der Waals surface area contributed by atoms with E-state index in [4.69, 9.17) is 5.11 Å². The van der Waals surface area contributed by atoms with E-state index >= 15 is 0 Å². The van der Waals surface area contributed by atoms with Crippen LogP contribution in [0.15, 0.2) is 12.5 Å². The third-order valence-corrected chi connectivity index (χ3v) is 3.51. The molecule has 0 saturated carbocycles. The van der Waals surface area contributed by atoms with Crippen LogP contribution in [-0.2, 0) is 11.2 Å². The molecule has 0 radical (unpaired) electrons. The van der Waals surface area contributed by atoms with Gasteiger partial charge in [0, 0.05) is 30.1 Å². The maximum Gasteiger partial charge on any atom is 0.326 e. The Hall–Kier alpha value is -1.70. The average Bonchev–Trinajstić information content (AvgIpc) is 2.87. The molecular weight excluding hydrogens is 268 g/mol. The topological polar surface area (TPSA) is 107 Å². The summed E-state index contributed by atoms with van der Waals surface area (Å²) in [6.45, 7) is 2.47. The van der Waals surface area contributed by atoms with Crippen molar-refractivity contribution in [2.75, 3.05) is 12.8 Å². The number of carbonyl (C=O) groups is 2. The van der Waals surface area contributed by atoms with Crippen LogP contribution in [0.25, 0.3) is 0 Å². The maximum atomic E-state index is 11.6. The number of urea groups is 1. The zero-order valence-corrected chi connectivity index (χ0v) is 11.7. The number of hydrogen-bond donors (Lipinski definition) is 4. The molecule has 0 aliphatic carbocycles. The first-order valence-corrected chi connectivity index (χ1v) is 7.09. The number of nitrogens with zero attached hydrogens (tertiary/aromatic N) is 1. The summed E-state index contributed by atoms with van der Waals surface area (Å²) in [6.07, 6.45) is 5.11.